The van der Waals surface area contributed by atoms with Crippen LogP contribution in [0.5, 0.6) is 5.75 Å². The van der Waals surface area contributed by atoms with Crippen molar-refractivity contribution in [3.63, 3.8) is 0 Å². The molecule has 0 bridgehead atoms. The van der Waals surface area contributed by atoms with E-state index in [4.69, 9.17) is 0 Å². The number of alkyl halides is 2. The number of rotatable bonds is 7. The van der Waals surface area contributed by atoms with E-state index in [0.29, 0.717) is 5.56 Å². The number of benzene rings is 2. The second-order valence-electron chi connectivity index (χ2n) is 5.55. The van der Waals surface area contributed by atoms with Crippen LogP contribution >= 0.6 is 0 Å². The Kier molecular flexibility index (Phi) is 6.27. The van der Waals surface area contributed by atoms with Gasteiger partial charge in [0.25, 0.3) is 0 Å². The molecule has 0 aromatic heterocycles. The van der Waals surface area contributed by atoms with E-state index < -0.39 is 22.7 Å². The molecule has 1 unspecified atom stereocenters. The van der Waals surface area contributed by atoms with Crippen molar-refractivity contribution in [2.75, 3.05) is 0 Å². The number of ether oxygens (including phenoxy) is 1. The number of sulfonamides is 1. The quantitative estimate of drug-likeness (QED) is 0.796. The topological polar surface area (TPSA) is 55.4 Å². The van der Waals surface area contributed by atoms with Gasteiger partial charge in [-0.2, -0.15) is 8.78 Å². The molecular weight excluding hydrogens is 348 g/mol. The molecule has 0 fully saturated rings. The van der Waals surface area contributed by atoms with E-state index in [0.717, 1.165) is 16.5 Å². The minimum Gasteiger partial charge on any atom is -0.435 e. The average molecular weight is 367 g/mol. The maximum Gasteiger partial charge on any atom is 0.387 e. The Bertz CT molecular complexity index is 834. The molecule has 0 aliphatic carbocycles. The Hall–Kier alpha value is -2.25. The molecule has 2 rings (SSSR count). The van der Waals surface area contributed by atoms with E-state index in [9.17, 15) is 17.2 Å². The molecule has 0 heterocycles. The lowest BCUT2D eigenvalue weighted by Crippen LogP contribution is -2.24. The standard InChI is InChI=1S/C18H19F2NO3S/c1-13-6-8-15(9-7-13)10-11-25(22,23)21-14(2)16-4-3-5-17(12-16)24-18(19)20/h3-12,14,18,21H,1-2H3. The van der Waals surface area contributed by atoms with Crippen molar-refractivity contribution in [3.05, 3.63) is 70.6 Å². The van der Waals surface area contributed by atoms with Crippen LogP contribution in [0.4, 0.5) is 8.78 Å². The van der Waals surface area contributed by atoms with E-state index in [1.54, 1.807) is 13.0 Å². The average Bonchev–Trinajstić information content (AvgIpc) is 2.53. The number of hydrogen-bond donors (Lipinski definition) is 1. The van der Waals surface area contributed by atoms with Crippen LogP contribution in [0.2, 0.25) is 0 Å². The van der Waals surface area contributed by atoms with Gasteiger partial charge in [0.2, 0.25) is 10.0 Å². The van der Waals surface area contributed by atoms with Crippen LogP contribution in [0.1, 0.15) is 29.7 Å². The molecule has 25 heavy (non-hydrogen) atoms. The Morgan fingerprint density at radius 1 is 1.12 bits per heavy atom. The maximum absolute atomic E-state index is 12.3. The lowest BCUT2D eigenvalue weighted by Gasteiger charge is -2.14. The maximum atomic E-state index is 12.3. The predicted octanol–water partition coefficient (Wildman–Crippen LogP) is 4.25. The lowest BCUT2D eigenvalue weighted by atomic mass is 10.1. The van der Waals surface area contributed by atoms with Crippen LogP contribution in [-0.2, 0) is 10.0 Å². The van der Waals surface area contributed by atoms with Crippen molar-refractivity contribution in [2.24, 2.45) is 0 Å². The summed E-state index contributed by atoms with van der Waals surface area (Å²) in [7, 11) is -3.69. The van der Waals surface area contributed by atoms with Crippen molar-refractivity contribution in [1.29, 1.82) is 0 Å². The third-order valence-electron chi connectivity index (χ3n) is 3.44. The number of halogens is 2. The summed E-state index contributed by atoms with van der Waals surface area (Å²) in [5.74, 6) is -0.0197. The van der Waals surface area contributed by atoms with Crippen LogP contribution in [0, 0.1) is 6.92 Å². The zero-order valence-corrected chi connectivity index (χ0v) is 14.6. The third-order valence-corrected chi connectivity index (χ3v) is 4.62. The number of aryl methyl sites for hydroxylation is 1. The molecular formula is C18H19F2NO3S. The van der Waals surface area contributed by atoms with Crippen molar-refractivity contribution in [3.8, 4) is 5.75 Å². The molecule has 0 aliphatic rings. The molecule has 0 aliphatic heterocycles. The van der Waals surface area contributed by atoms with Gasteiger partial charge in [-0.3, -0.25) is 0 Å². The molecule has 0 saturated carbocycles. The molecule has 0 radical (unpaired) electrons. The van der Waals surface area contributed by atoms with Gasteiger partial charge in [0.05, 0.1) is 0 Å². The highest BCUT2D eigenvalue weighted by molar-refractivity contribution is 7.92. The van der Waals surface area contributed by atoms with E-state index in [1.807, 2.05) is 31.2 Å². The molecule has 0 amide bonds. The minimum atomic E-state index is -3.69. The molecule has 1 atom stereocenters. The Morgan fingerprint density at radius 2 is 1.80 bits per heavy atom. The first-order valence-electron chi connectivity index (χ1n) is 7.57. The predicted molar refractivity (Wildman–Crippen MR) is 93.8 cm³/mol. The first-order chi connectivity index (χ1) is 11.7. The summed E-state index contributed by atoms with van der Waals surface area (Å²) in [6.07, 6.45) is 1.49. The second kappa shape index (κ2) is 8.22. The summed E-state index contributed by atoms with van der Waals surface area (Å²) in [5, 5.41) is 1.08. The highest BCUT2D eigenvalue weighted by Crippen LogP contribution is 2.21. The van der Waals surface area contributed by atoms with E-state index >= 15 is 0 Å². The van der Waals surface area contributed by atoms with Crippen LogP contribution in [0.3, 0.4) is 0 Å². The molecule has 0 saturated heterocycles. The summed E-state index contributed by atoms with van der Waals surface area (Å²) in [6.45, 7) is 0.637. The zero-order valence-electron chi connectivity index (χ0n) is 13.8. The largest absolute Gasteiger partial charge is 0.435 e. The van der Waals surface area contributed by atoms with E-state index in [1.165, 1.54) is 24.3 Å². The van der Waals surface area contributed by atoms with Gasteiger partial charge in [-0.1, -0.05) is 42.0 Å². The molecule has 1 N–H and O–H groups in total. The summed E-state index contributed by atoms with van der Waals surface area (Å²) < 4.78 is 55.7. The first kappa shape index (κ1) is 19.1. The second-order valence-corrected chi connectivity index (χ2v) is 7.15. The van der Waals surface area contributed by atoms with E-state index in [-0.39, 0.29) is 5.75 Å². The molecule has 134 valence electrons. The van der Waals surface area contributed by atoms with Crippen molar-refractivity contribution in [2.45, 2.75) is 26.5 Å². The van der Waals surface area contributed by atoms with Gasteiger partial charge in [-0.15, -0.1) is 0 Å². The first-order valence-corrected chi connectivity index (χ1v) is 9.12. The van der Waals surface area contributed by atoms with Crippen molar-refractivity contribution < 1.29 is 21.9 Å². The highest BCUT2D eigenvalue weighted by Gasteiger charge is 2.14. The van der Waals surface area contributed by atoms with Gasteiger partial charge in [-0.25, -0.2) is 13.1 Å². The third kappa shape index (κ3) is 6.28. The summed E-state index contributed by atoms with van der Waals surface area (Å²) in [4.78, 5) is 0. The zero-order chi connectivity index (χ0) is 18.4. The van der Waals surface area contributed by atoms with Crippen LogP contribution < -0.4 is 9.46 Å². The summed E-state index contributed by atoms with van der Waals surface area (Å²) in [5.41, 5.74) is 2.36. The fourth-order valence-electron chi connectivity index (χ4n) is 2.16. The Morgan fingerprint density at radius 3 is 2.44 bits per heavy atom. The van der Waals surface area contributed by atoms with Gasteiger partial charge in [-0.05, 0) is 43.2 Å². The fraction of sp³-hybridized carbons (Fsp3) is 0.222. The SMILES string of the molecule is Cc1ccc(C=CS(=O)(=O)NC(C)c2cccc(OC(F)F)c2)cc1. The van der Waals surface area contributed by atoms with Crippen molar-refractivity contribution in [1.82, 2.24) is 4.72 Å². The summed E-state index contributed by atoms with van der Waals surface area (Å²) in [6, 6.07) is 12.7. The summed E-state index contributed by atoms with van der Waals surface area (Å²) >= 11 is 0. The van der Waals surface area contributed by atoms with Gasteiger partial charge in [0, 0.05) is 11.4 Å². The van der Waals surface area contributed by atoms with Gasteiger partial charge >= 0.3 is 6.61 Å². The van der Waals surface area contributed by atoms with E-state index in [2.05, 4.69) is 9.46 Å². The number of nitrogens with one attached hydrogen (secondary N) is 1. The molecule has 7 heteroatoms. The monoisotopic (exact) mass is 367 g/mol. The molecule has 2 aromatic rings. The fourth-order valence-corrected chi connectivity index (χ4v) is 3.20. The lowest BCUT2D eigenvalue weighted by molar-refractivity contribution is -0.0499. The van der Waals surface area contributed by atoms with Gasteiger partial charge in [0.1, 0.15) is 5.75 Å². The van der Waals surface area contributed by atoms with Gasteiger partial charge in [0.15, 0.2) is 0 Å². The normalized spacial score (nSPS) is 13.3. The van der Waals surface area contributed by atoms with Crippen LogP contribution in [0.25, 0.3) is 6.08 Å². The highest BCUT2D eigenvalue weighted by atomic mass is 32.2. The van der Waals surface area contributed by atoms with Crippen LogP contribution in [-0.4, -0.2) is 15.0 Å². The number of hydrogen-bond acceptors (Lipinski definition) is 3. The molecule has 2 aromatic carbocycles. The smallest absolute Gasteiger partial charge is 0.387 e. The van der Waals surface area contributed by atoms with Gasteiger partial charge < -0.3 is 4.74 Å². The van der Waals surface area contributed by atoms with Crippen LogP contribution in [0.15, 0.2) is 53.9 Å². The Balaban J connectivity index is 2.07. The molecule has 0 spiro atoms. The molecule has 4 nitrogen and oxygen atoms in total. The van der Waals surface area contributed by atoms with Crippen molar-refractivity contribution >= 4 is 16.1 Å². The minimum absolute atomic E-state index is 0.0197. The Labute approximate surface area is 146 Å².